The Morgan fingerprint density at radius 1 is 1.02 bits per heavy atom. The molecule has 16 nitrogen and oxygen atoms in total. The number of nitrogens with two attached hydrogens (primary N) is 2. The van der Waals surface area contributed by atoms with Crippen LogP contribution in [-0.2, 0) is 19.5 Å². The lowest BCUT2D eigenvalue weighted by atomic mass is 10.0. The molecule has 2 amide bonds. The number of halogens is 1. The molecule has 0 bridgehead atoms. The molecule has 0 fully saturated rings. The first-order chi connectivity index (χ1) is 23.0. The van der Waals surface area contributed by atoms with Crippen LogP contribution in [0.4, 0.5) is 21.6 Å². The molecular weight excluding hydrogens is 627 g/mol. The van der Waals surface area contributed by atoms with Crippen molar-refractivity contribution in [3.8, 4) is 11.4 Å². The van der Waals surface area contributed by atoms with Gasteiger partial charge in [0.25, 0.3) is 22.7 Å². The number of aromatic nitrogens is 5. The highest BCUT2D eigenvalue weighted by molar-refractivity contribution is 5.98. The summed E-state index contributed by atoms with van der Waals surface area (Å²) >= 11 is 0. The third kappa shape index (κ3) is 5.42. The zero-order valence-electron chi connectivity index (χ0n) is 24.8. The summed E-state index contributed by atoms with van der Waals surface area (Å²) < 4.78 is 20.4. The van der Waals surface area contributed by atoms with Crippen molar-refractivity contribution in [2.24, 2.45) is 0 Å². The van der Waals surface area contributed by atoms with E-state index < -0.39 is 34.2 Å². The minimum Gasteiger partial charge on any atom is -0.394 e. The Hall–Kier alpha value is -6.65. The van der Waals surface area contributed by atoms with Crippen molar-refractivity contribution in [2.45, 2.75) is 32.0 Å². The fourth-order valence-electron chi connectivity index (χ4n) is 5.69. The van der Waals surface area contributed by atoms with E-state index in [1.807, 2.05) is 12.1 Å². The smallest absolute Gasteiger partial charge is 0.394 e. The average Bonchev–Trinajstić information content (AvgIpc) is 3.81. The number of hydrogen-bond donors (Lipinski definition) is 6. The van der Waals surface area contributed by atoms with Gasteiger partial charge in [0.15, 0.2) is 5.82 Å². The van der Waals surface area contributed by atoms with E-state index in [0.29, 0.717) is 29.8 Å². The van der Waals surface area contributed by atoms with Crippen LogP contribution in [0.5, 0.6) is 0 Å². The number of rotatable bonds is 9. The molecule has 1 atom stereocenters. The average molecular weight is 653 g/mol. The van der Waals surface area contributed by atoms with Crippen LogP contribution in [0.3, 0.4) is 0 Å². The van der Waals surface area contributed by atoms with Crippen LogP contribution < -0.4 is 44.0 Å². The first-order valence-electron chi connectivity index (χ1n) is 14.6. The second-order valence-electron chi connectivity index (χ2n) is 11.2. The van der Waals surface area contributed by atoms with Gasteiger partial charge in [0, 0.05) is 24.2 Å². The van der Waals surface area contributed by atoms with E-state index in [4.69, 9.17) is 11.5 Å². The number of anilines is 3. The van der Waals surface area contributed by atoms with Gasteiger partial charge in [0.2, 0.25) is 5.78 Å². The third-order valence-electron chi connectivity index (χ3n) is 8.13. The predicted octanol–water partition coefficient (Wildman–Crippen LogP) is 0.931. The molecule has 3 aromatic carbocycles. The molecule has 3 heterocycles. The summed E-state index contributed by atoms with van der Waals surface area (Å²) in [5.74, 6) is -1.91. The minimum atomic E-state index is -0.789. The summed E-state index contributed by atoms with van der Waals surface area (Å²) in [6.07, 6.45) is 2.68. The standard InChI is InChI=1S/C31H25FN10O6/c32-18-5-1-13(7-16(18)11-35-24-23(34)25(43)26(24)44)10-36-29(46)21-9-20(38-30-39-22(33)12-42(21)30)28(45)37-19-6-3-14-8-15(2-4-17(14)19)27-40-31(47)48-41-27/h1-2,4-5,7-9,12,19,35H,3,6,10-11,33-34H2,(H,36,46)(H,37,45)(H,40,41,47)/t19-/m0/s1. The molecule has 0 radical (unpaired) electrons. The van der Waals surface area contributed by atoms with Crippen molar-refractivity contribution in [3.63, 3.8) is 0 Å². The van der Waals surface area contributed by atoms with Gasteiger partial charge in [-0.1, -0.05) is 23.4 Å². The number of carbonyl (C=O) groups is 2. The number of nitrogen functional groups attached to an aromatic ring is 2. The zero-order valence-corrected chi connectivity index (χ0v) is 24.8. The van der Waals surface area contributed by atoms with E-state index >= 15 is 0 Å². The second-order valence-corrected chi connectivity index (χ2v) is 11.2. The number of nitrogens with one attached hydrogen (secondary N) is 4. The number of amides is 2. The molecule has 0 saturated heterocycles. The quantitative estimate of drug-likeness (QED) is 0.119. The molecule has 8 N–H and O–H groups in total. The Bertz CT molecular complexity index is 2400. The number of H-pyrrole nitrogens is 1. The Labute approximate surface area is 267 Å². The van der Waals surface area contributed by atoms with Gasteiger partial charge in [-0.2, -0.15) is 4.98 Å². The summed E-state index contributed by atoms with van der Waals surface area (Å²) in [4.78, 5) is 72.2. The van der Waals surface area contributed by atoms with E-state index in [1.165, 1.54) is 34.9 Å². The van der Waals surface area contributed by atoms with Crippen molar-refractivity contribution in [2.75, 3.05) is 16.8 Å². The molecule has 0 saturated carbocycles. The molecule has 0 aliphatic heterocycles. The Kier molecular flexibility index (Phi) is 7.26. The van der Waals surface area contributed by atoms with Gasteiger partial charge in [-0.15, -0.1) is 0 Å². The highest BCUT2D eigenvalue weighted by Crippen LogP contribution is 2.33. The number of nitrogens with zero attached hydrogens (tertiary/aromatic N) is 4. The highest BCUT2D eigenvalue weighted by Gasteiger charge is 2.27. The monoisotopic (exact) mass is 652 g/mol. The lowest BCUT2D eigenvalue weighted by molar-refractivity contribution is 0.0931. The highest BCUT2D eigenvalue weighted by atomic mass is 19.1. The summed E-state index contributed by atoms with van der Waals surface area (Å²) in [5.41, 5.74) is 12.8. The molecule has 1 aliphatic carbocycles. The van der Waals surface area contributed by atoms with Crippen LogP contribution >= 0.6 is 0 Å². The van der Waals surface area contributed by atoms with Crippen LogP contribution in [0.25, 0.3) is 17.2 Å². The number of fused-ring (bicyclic) bond motifs is 2. The summed E-state index contributed by atoms with van der Waals surface area (Å²) in [6, 6.07) is 10.7. The van der Waals surface area contributed by atoms with Gasteiger partial charge in [-0.25, -0.2) is 14.2 Å². The second kappa shape index (κ2) is 11.6. The molecular formula is C31H25FN10O6. The molecule has 17 heteroatoms. The first-order valence-corrected chi connectivity index (χ1v) is 14.6. The molecule has 242 valence electrons. The van der Waals surface area contributed by atoms with Crippen molar-refractivity contribution in [1.29, 1.82) is 0 Å². The molecule has 7 rings (SSSR count). The van der Waals surface area contributed by atoms with Gasteiger partial charge >= 0.3 is 5.76 Å². The Balaban J connectivity index is 1.07. The maximum Gasteiger partial charge on any atom is 0.439 e. The van der Waals surface area contributed by atoms with E-state index in [1.54, 1.807) is 6.07 Å². The normalized spacial score (nSPS) is 13.9. The fraction of sp³-hybridized carbons (Fsp3) is 0.161. The van der Waals surface area contributed by atoms with Crippen LogP contribution in [-0.4, -0.2) is 36.3 Å². The van der Waals surface area contributed by atoms with Crippen molar-refractivity contribution in [1.82, 2.24) is 35.1 Å². The lowest BCUT2D eigenvalue weighted by Gasteiger charge is -2.15. The zero-order chi connectivity index (χ0) is 33.7. The summed E-state index contributed by atoms with van der Waals surface area (Å²) in [6.45, 7) is -0.136. The SMILES string of the molecule is Nc1cn2c(C(=O)NCc3ccc(F)c(CNc4c(N)c(=O)c4=O)c3)cc(C(=O)N[C@H]3CCc4cc(-c5noc(=O)[nH]5)ccc43)nc2n1. The molecule has 48 heavy (non-hydrogen) atoms. The number of hydrogen-bond acceptors (Lipinski definition) is 12. The fourth-order valence-corrected chi connectivity index (χ4v) is 5.69. The largest absolute Gasteiger partial charge is 0.439 e. The molecule has 1 aliphatic rings. The van der Waals surface area contributed by atoms with Gasteiger partial charge in [-0.3, -0.25) is 33.1 Å². The van der Waals surface area contributed by atoms with E-state index in [2.05, 4.69) is 40.6 Å². The van der Waals surface area contributed by atoms with Crippen LogP contribution in [0.15, 0.2) is 67.6 Å². The number of carbonyl (C=O) groups excluding carboxylic acids is 2. The summed E-state index contributed by atoms with van der Waals surface area (Å²) in [7, 11) is 0. The minimum absolute atomic E-state index is 0.0209. The van der Waals surface area contributed by atoms with Gasteiger partial charge < -0.3 is 27.4 Å². The molecule has 6 aromatic rings. The van der Waals surface area contributed by atoms with Crippen molar-refractivity contribution in [3.05, 3.63) is 119 Å². The molecule has 0 spiro atoms. The van der Waals surface area contributed by atoms with Gasteiger partial charge in [0.05, 0.1) is 12.2 Å². The van der Waals surface area contributed by atoms with Crippen LogP contribution in [0.2, 0.25) is 0 Å². The topological polar surface area (TPSA) is 245 Å². The number of aromatic amines is 1. The van der Waals surface area contributed by atoms with Gasteiger partial charge in [-0.05, 0) is 53.8 Å². The van der Waals surface area contributed by atoms with Crippen LogP contribution in [0, 0.1) is 5.82 Å². The predicted molar refractivity (Wildman–Crippen MR) is 169 cm³/mol. The maximum atomic E-state index is 14.5. The van der Waals surface area contributed by atoms with E-state index in [0.717, 1.165) is 11.1 Å². The van der Waals surface area contributed by atoms with Crippen molar-refractivity contribution >= 4 is 34.8 Å². The number of aryl methyl sites for hydroxylation is 1. The first kappa shape index (κ1) is 30.0. The van der Waals surface area contributed by atoms with E-state index in [9.17, 15) is 28.4 Å². The molecule has 3 aromatic heterocycles. The van der Waals surface area contributed by atoms with Crippen LogP contribution in [0.1, 0.15) is 55.7 Å². The third-order valence-corrected chi connectivity index (χ3v) is 8.13. The van der Waals surface area contributed by atoms with Crippen molar-refractivity contribution < 1.29 is 18.5 Å². The maximum absolute atomic E-state index is 14.5. The van der Waals surface area contributed by atoms with Gasteiger partial charge in [0.1, 0.15) is 34.4 Å². The Morgan fingerprint density at radius 3 is 2.62 bits per heavy atom. The number of benzene rings is 2. The Morgan fingerprint density at radius 2 is 1.85 bits per heavy atom. The number of imidazole rings is 1. The van der Waals surface area contributed by atoms with E-state index in [-0.39, 0.29) is 59.1 Å². The summed E-state index contributed by atoms with van der Waals surface area (Å²) in [5, 5.41) is 12.1. The lowest BCUT2D eigenvalue weighted by Crippen LogP contribution is -2.37. The molecule has 0 unspecified atom stereocenters.